The van der Waals surface area contributed by atoms with Crippen molar-refractivity contribution in [2.45, 2.75) is 18.8 Å². The second kappa shape index (κ2) is 7.03. The molecule has 0 saturated heterocycles. The van der Waals surface area contributed by atoms with Gasteiger partial charge >= 0.3 is 0 Å². The molecule has 2 aromatic rings. The summed E-state index contributed by atoms with van der Waals surface area (Å²) in [6.07, 6.45) is 6.73. The maximum atomic E-state index is 12.5. The maximum Gasteiger partial charge on any atom is 0.224 e. The normalized spacial score (nSPS) is 21.0. The van der Waals surface area contributed by atoms with E-state index in [1.807, 2.05) is 30.3 Å². The van der Waals surface area contributed by atoms with Crippen LogP contribution in [0.1, 0.15) is 23.8 Å². The molecule has 1 aromatic heterocycles. The van der Waals surface area contributed by atoms with Gasteiger partial charge in [-0.15, -0.1) is 11.3 Å². The predicted molar refractivity (Wildman–Crippen MR) is 96.9 cm³/mol. The van der Waals surface area contributed by atoms with Crippen molar-refractivity contribution < 1.29 is 13.2 Å². The van der Waals surface area contributed by atoms with E-state index in [4.69, 9.17) is 4.98 Å². The summed E-state index contributed by atoms with van der Waals surface area (Å²) in [6, 6.07) is 7.97. The molecule has 1 amide bonds. The van der Waals surface area contributed by atoms with Gasteiger partial charge in [0, 0.05) is 18.7 Å². The number of benzene rings is 1. The second-order valence-electron chi connectivity index (χ2n) is 6.10. The first-order valence-corrected chi connectivity index (χ1v) is 10.8. The standard InChI is InChI=1S/C17H20N2O3S2/c1-24(21,22)11-10-18-16(20)12-6-2-3-7-13(12)17-19-14-8-4-5-9-15(14)23-17/h2-5,8-9,12-13H,6-7,10-11H2,1H3,(H,18,20)/t12-,13+/m0/s1. The Labute approximate surface area is 145 Å². The van der Waals surface area contributed by atoms with E-state index in [9.17, 15) is 13.2 Å². The van der Waals surface area contributed by atoms with Crippen LogP contribution in [-0.2, 0) is 14.6 Å². The Hall–Kier alpha value is -1.73. The zero-order chi connectivity index (χ0) is 17.2. The second-order valence-corrected chi connectivity index (χ2v) is 9.42. The molecule has 5 nitrogen and oxygen atoms in total. The van der Waals surface area contributed by atoms with Crippen LogP contribution in [0, 0.1) is 5.92 Å². The van der Waals surface area contributed by atoms with Gasteiger partial charge in [-0.3, -0.25) is 4.79 Å². The summed E-state index contributed by atoms with van der Waals surface area (Å²) in [4.78, 5) is 17.2. The highest BCUT2D eigenvalue weighted by atomic mass is 32.2. The minimum atomic E-state index is -3.07. The van der Waals surface area contributed by atoms with Crippen molar-refractivity contribution in [1.29, 1.82) is 0 Å². The lowest BCUT2D eigenvalue weighted by Crippen LogP contribution is -2.37. The number of sulfone groups is 1. The summed E-state index contributed by atoms with van der Waals surface area (Å²) in [5, 5.41) is 3.74. The third kappa shape index (κ3) is 4.02. The van der Waals surface area contributed by atoms with Crippen LogP contribution in [0.25, 0.3) is 10.2 Å². The summed E-state index contributed by atoms with van der Waals surface area (Å²) in [7, 11) is -3.07. The van der Waals surface area contributed by atoms with Crippen LogP contribution in [0.4, 0.5) is 0 Å². The molecule has 1 aliphatic rings. The predicted octanol–water partition coefficient (Wildman–Crippen LogP) is 2.51. The Kier molecular flexibility index (Phi) is 5.01. The highest BCUT2D eigenvalue weighted by Crippen LogP contribution is 2.38. The Bertz CT molecular complexity index is 838. The lowest BCUT2D eigenvalue weighted by molar-refractivity contribution is -0.125. The Morgan fingerprint density at radius 3 is 2.79 bits per heavy atom. The first-order valence-electron chi connectivity index (χ1n) is 7.90. The highest BCUT2D eigenvalue weighted by molar-refractivity contribution is 7.90. The van der Waals surface area contributed by atoms with E-state index in [1.54, 1.807) is 11.3 Å². The first-order chi connectivity index (χ1) is 11.4. The molecule has 0 saturated carbocycles. The zero-order valence-electron chi connectivity index (χ0n) is 13.4. The average molecular weight is 364 g/mol. The molecule has 0 fully saturated rings. The number of fused-ring (bicyclic) bond motifs is 1. The number of carbonyl (C=O) groups excluding carboxylic acids is 1. The molecule has 1 aromatic carbocycles. The molecule has 2 atom stereocenters. The lowest BCUT2D eigenvalue weighted by atomic mass is 9.82. The first kappa shape index (κ1) is 17.1. The molecule has 7 heteroatoms. The van der Waals surface area contributed by atoms with Gasteiger partial charge in [0.25, 0.3) is 0 Å². The van der Waals surface area contributed by atoms with Gasteiger partial charge in [0.1, 0.15) is 9.84 Å². The SMILES string of the molecule is CS(=O)(=O)CCNC(=O)[C@H]1CC=CC[C@H]1c1nc2ccccc2s1. The molecular weight excluding hydrogens is 344 g/mol. The number of hydrogen-bond acceptors (Lipinski definition) is 5. The third-order valence-electron chi connectivity index (χ3n) is 4.17. The third-order valence-corrected chi connectivity index (χ3v) is 6.28. The molecule has 0 radical (unpaired) electrons. The van der Waals surface area contributed by atoms with E-state index in [0.29, 0.717) is 6.42 Å². The summed E-state index contributed by atoms with van der Waals surface area (Å²) in [5.74, 6) is -0.277. The fraction of sp³-hybridized carbons (Fsp3) is 0.412. The van der Waals surface area contributed by atoms with E-state index in [0.717, 1.165) is 21.6 Å². The molecule has 0 unspecified atom stereocenters. The van der Waals surface area contributed by atoms with E-state index >= 15 is 0 Å². The largest absolute Gasteiger partial charge is 0.355 e. The zero-order valence-corrected chi connectivity index (χ0v) is 15.1. The average Bonchev–Trinajstić information content (AvgIpc) is 2.97. The van der Waals surface area contributed by atoms with Crippen molar-refractivity contribution in [2.75, 3.05) is 18.6 Å². The molecule has 24 heavy (non-hydrogen) atoms. The van der Waals surface area contributed by atoms with Crippen LogP contribution in [0.5, 0.6) is 0 Å². The summed E-state index contributed by atoms with van der Waals surface area (Å²) in [5.41, 5.74) is 0.961. The minimum Gasteiger partial charge on any atom is -0.355 e. The molecule has 1 aliphatic carbocycles. The molecule has 1 heterocycles. The number of aromatic nitrogens is 1. The van der Waals surface area contributed by atoms with Crippen molar-refractivity contribution in [2.24, 2.45) is 5.92 Å². The minimum absolute atomic E-state index is 0.0346. The molecule has 0 spiro atoms. The summed E-state index contributed by atoms with van der Waals surface area (Å²) >= 11 is 1.63. The highest BCUT2D eigenvalue weighted by Gasteiger charge is 2.32. The molecule has 128 valence electrons. The number of hydrogen-bond donors (Lipinski definition) is 1. The summed E-state index contributed by atoms with van der Waals surface area (Å²) < 4.78 is 23.5. The van der Waals surface area contributed by atoms with E-state index < -0.39 is 9.84 Å². The van der Waals surface area contributed by atoms with Gasteiger partial charge in [0.15, 0.2) is 0 Å². The van der Waals surface area contributed by atoms with Crippen LogP contribution in [-0.4, -0.2) is 37.9 Å². The molecular formula is C17H20N2O3S2. The maximum absolute atomic E-state index is 12.5. The topological polar surface area (TPSA) is 76.1 Å². The number of carbonyl (C=O) groups is 1. The number of para-hydroxylation sites is 1. The molecule has 3 rings (SSSR count). The van der Waals surface area contributed by atoms with Gasteiger partial charge in [-0.25, -0.2) is 13.4 Å². The van der Waals surface area contributed by atoms with Gasteiger partial charge in [0.2, 0.25) is 5.91 Å². The quantitative estimate of drug-likeness (QED) is 0.827. The fourth-order valence-electron chi connectivity index (χ4n) is 2.92. The van der Waals surface area contributed by atoms with Crippen molar-refractivity contribution in [1.82, 2.24) is 10.3 Å². The van der Waals surface area contributed by atoms with Crippen LogP contribution in [0.2, 0.25) is 0 Å². The Balaban J connectivity index is 1.75. The smallest absolute Gasteiger partial charge is 0.224 e. The molecule has 0 aliphatic heterocycles. The number of nitrogens with one attached hydrogen (secondary N) is 1. The number of allylic oxidation sites excluding steroid dienone is 2. The van der Waals surface area contributed by atoms with Gasteiger partial charge < -0.3 is 5.32 Å². The van der Waals surface area contributed by atoms with Crippen molar-refractivity contribution >= 4 is 37.3 Å². The summed E-state index contributed by atoms with van der Waals surface area (Å²) in [6.45, 7) is 0.157. The van der Waals surface area contributed by atoms with Crippen LogP contribution in [0.3, 0.4) is 0 Å². The van der Waals surface area contributed by atoms with Crippen molar-refractivity contribution in [3.8, 4) is 0 Å². The van der Waals surface area contributed by atoms with Gasteiger partial charge in [-0.05, 0) is 25.0 Å². The van der Waals surface area contributed by atoms with Gasteiger partial charge in [-0.1, -0.05) is 24.3 Å². The lowest BCUT2D eigenvalue weighted by Gasteiger charge is -2.26. The van der Waals surface area contributed by atoms with E-state index in [1.165, 1.54) is 6.26 Å². The van der Waals surface area contributed by atoms with Crippen molar-refractivity contribution in [3.63, 3.8) is 0 Å². The van der Waals surface area contributed by atoms with Gasteiger partial charge in [-0.2, -0.15) is 0 Å². The Morgan fingerprint density at radius 2 is 2.04 bits per heavy atom. The van der Waals surface area contributed by atoms with E-state index in [-0.39, 0.29) is 30.0 Å². The van der Waals surface area contributed by atoms with Crippen LogP contribution >= 0.6 is 11.3 Å². The monoisotopic (exact) mass is 364 g/mol. The van der Waals surface area contributed by atoms with Crippen LogP contribution in [0.15, 0.2) is 36.4 Å². The van der Waals surface area contributed by atoms with Crippen molar-refractivity contribution in [3.05, 3.63) is 41.4 Å². The number of rotatable bonds is 5. The molecule has 0 bridgehead atoms. The number of thiazole rings is 1. The van der Waals surface area contributed by atoms with Crippen LogP contribution < -0.4 is 5.32 Å². The number of nitrogens with zero attached hydrogens (tertiary/aromatic N) is 1. The fourth-order valence-corrected chi connectivity index (χ4v) is 4.54. The van der Waals surface area contributed by atoms with Gasteiger partial charge in [0.05, 0.1) is 26.9 Å². The Morgan fingerprint density at radius 1 is 1.29 bits per heavy atom. The van der Waals surface area contributed by atoms with E-state index in [2.05, 4.69) is 11.4 Å². The molecule has 1 N–H and O–H groups in total. The number of amides is 1.